The number of nitrogens with zero attached hydrogens (tertiary/aromatic N) is 1. The van der Waals surface area contributed by atoms with Gasteiger partial charge in [-0.15, -0.1) is 0 Å². The molecule has 1 unspecified atom stereocenters. The van der Waals surface area contributed by atoms with Crippen molar-refractivity contribution in [3.63, 3.8) is 0 Å². The van der Waals surface area contributed by atoms with Gasteiger partial charge >= 0.3 is 0 Å². The lowest BCUT2D eigenvalue weighted by Gasteiger charge is -2.19. The third-order valence-corrected chi connectivity index (χ3v) is 4.78. The molecule has 0 aliphatic carbocycles. The van der Waals surface area contributed by atoms with Gasteiger partial charge in [-0.3, -0.25) is 0 Å². The Bertz CT molecular complexity index is 329. The second-order valence-corrected chi connectivity index (χ2v) is 6.87. The van der Waals surface area contributed by atoms with Gasteiger partial charge in [0.15, 0.2) is 0 Å². The summed E-state index contributed by atoms with van der Waals surface area (Å²) < 4.78 is 33.2. The third kappa shape index (κ3) is 6.67. The van der Waals surface area contributed by atoms with Crippen LogP contribution in [0.25, 0.3) is 0 Å². The summed E-state index contributed by atoms with van der Waals surface area (Å²) in [6.45, 7) is 6.35. The van der Waals surface area contributed by atoms with Gasteiger partial charge in [0.25, 0.3) is 10.2 Å². The summed E-state index contributed by atoms with van der Waals surface area (Å²) in [5, 5.41) is 3.26. The zero-order valence-electron chi connectivity index (χ0n) is 12.0. The summed E-state index contributed by atoms with van der Waals surface area (Å²) in [6.07, 6.45) is 2.86. The summed E-state index contributed by atoms with van der Waals surface area (Å²) in [7, 11) is -1.72. The van der Waals surface area contributed by atoms with Crippen LogP contribution in [0.15, 0.2) is 0 Å². The molecule has 0 spiro atoms. The van der Waals surface area contributed by atoms with Crippen molar-refractivity contribution in [3.8, 4) is 0 Å². The molecule has 7 heteroatoms. The molecule has 0 aromatic carbocycles. The lowest BCUT2D eigenvalue weighted by Crippen LogP contribution is -2.41. The molecule has 1 saturated heterocycles. The Balaban J connectivity index is 2.18. The fourth-order valence-corrected chi connectivity index (χ4v) is 2.96. The molecule has 2 N–H and O–H groups in total. The van der Waals surface area contributed by atoms with E-state index in [4.69, 9.17) is 4.74 Å². The molecule has 1 aliphatic heterocycles. The van der Waals surface area contributed by atoms with Gasteiger partial charge < -0.3 is 10.1 Å². The lowest BCUT2D eigenvalue weighted by molar-refractivity contribution is 0.186. The molecule has 0 amide bonds. The van der Waals surface area contributed by atoms with E-state index in [1.54, 1.807) is 7.05 Å². The first kappa shape index (κ1) is 16.8. The molecule has 114 valence electrons. The van der Waals surface area contributed by atoms with Gasteiger partial charge in [0.05, 0.1) is 6.61 Å². The van der Waals surface area contributed by atoms with E-state index < -0.39 is 10.2 Å². The number of nitrogens with one attached hydrogen (secondary N) is 2. The fraction of sp³-hybridized carbons (Fsp3) is 1.00. The van der Waals surface area contributed by atoms with E-state index in [-0.39, 0.29) is 0 Å². The summed E-state index contributed by atoms with van der Waals surface area (Å²) in [4.78, 5) is 0. The van der Waals surface area contributed by atoms with Crippen LogP contribution in [0.5, 0.6) is 0 Å². The highest BCUT2D eigenvalue weighted by molar-refractivity contribution is 7.87. The maximum Gasteiger partial charge on any atom is 0.279 e. The van der Waals surface area contributed by atoms with Gasteiger partial charge in [0.1, 0.15) is 0 Å². The number of rotatable bonds is 10. The van der Waals surface area contributed by atoms with Crippen molar-refractivity contribution >= 4 is 10.2 Å². The maximum absolute atomic E-state index is 12.0. The van der Waals surface area contributed by atoms with E-state index in [1.165, 1.54) is 4.31 Å². The molecule has 1 aliphatic rings. The van der Waals surface area contributed by atoms with Crippen molar-refractivity contribution < 1.29 is 13.2 Å². The number of hydrogen-bond acceptors (Lipinski definition) is 4. The smallest absolute Gasteiger partial charge is 0.279 e. The van der Waals surface area contributed by atoms with E-state index >= 15 is 0 Å². The van der Waals surface area contributed by atoms with Gasteiger partial charge in [0.2, 0.25) is 0 Å². The van der Waals surface area contributed by atoms with Crippen molar-refractivity contribution in [2.24, 2.45) is 5.92 Å². The van der Waals surface area contributed by atoms with Crippen molar-refractivity contribution in [2.75, 3.05) is 46.4 Å². The normalized spacial score (nSPS) is 20.3. The second kappa shape index (κ2) is 8.86. The summed E-state index contributed by atoms with van der Waals surface area (Å²) >= 11 is 0. The molecule has 19 heavy (non-hydrogen) atoms. The van der Waals surface area contributed by atoms with Crippen LogP contribution in [0, 0.1) is 5.92 Å². The Hall–Kier alpha value is -0.210. The molecule has 1 rings (SSSR count). The second-order valence-electron chi connectivity index (χ2n) is 5.01. The monoisotopic (exact) mass is 293 g/mol. The molecule has 1 fully saturated rings. The molecular weight excluding hydrogens is 266 g/mol. The minimum absolute atomic E-state index is 0.314. The molecule has 1 atom stereocenters. The van der Waals surface area contributed by atoms with Crippen LogP contribution in [-0.2, 0) is 14.9 Å². The van der Waals surface area contributed by atoms with Gasteiger partial charge in [-0.2, -0.15) is 12.7 Å². The van der Waals surface area contributed by atoms with E-state index in [0.717, 1.165) is 39.0 Å². The van der Waals surface area contributed by atoms with Crippen LogP contribution in [0.2, 0.25) is 0 Å². The van der Waals surface area contributed by atoms with Crippen molar-refractivity contribution in [3.05, 3.63) is 0 Å². The van der Waals surface area contributed by atoms with Crippen molar-refractivity contribution in [1.29, 1.82) is 0 Å². The van der Waals surface area contributed by atoms with E-state index in [2.05, 4.69) is 17.0 Å². The van der Waals surface area contributed by atoms with Gasteiger partial charge in [-0.1, -0.05) is 6.92 Å². The minimum Gasteiger partial charge on any atom is -0.381 e. The molecule has 6 nitrogen and oxygen atoms in total. The Kier molecular flexibility index (Phi) is 7.86. The summed E-state index contributed by atoms with van der Waals surface area (Å²) in [5.74, 6) is 0.314. The molecule has 0 aromatic heterocycles. The van der Waals surface area contributed by atoms with Gasteiger partial charge in [-0.25, -0.2) is 4.72 Å². The molecule has 0 saturated carbocycles. The topological polar surface area (TPSA) is 70.7 Å². The largest absolute Gasteiger partial charge is 0.381 e. The first-order valence-corrected chi connectivity index (χ1v) is 8.49. The van der Waals surface area contributed by atoms with Crippen molar-refractivity contribution in [1.82, 2.24) is 14.3 Å². The quantitative estimate of drug-likeness (QED) is 0.564. The molecule has 0 bridgehead atoms. The van der Waals surface area contributed by atoms with Crippen LogP contribution < -0.4 is 10.0 Å². The fourth-order valence-electron chi connectivity index (χ4n) is 1.93. The van der Waals surface area contributed by atoms with Crippen LogP contribution in [0.3, 0.4) is 0 Å². The Morgan fingerprint density at radius 3 is 2.79 bits per heavy atom. The Morgan fingerprint density at radius 2 is 2.16 bits per heavy atom. The Morgan fingerprint density at radius 1 is 1.37 bits per heavy atom. The number of hydrogen-bond donors (Lipinski definition) is 2. The first-order chi connectivity index (χ1) is 9.06. The average molecular weight is 293 g/mol. The summed E-state index contributed by atoms with van der Waals surface area (Å²) in [6, 6.07) is 0. The SMILES string of the molecule is CCCNCCCN(C)S(=O)(=O)NCC1CCOC1. The van der Waals surface area contributed by atoms with Crippen LogP contribution in [-0.4, -0.2) is 59.2 Å². The van der Waals surface area contributed by atoms with Crippen molar-refractivity contribution in [2.45, 2.75) is 26.2 Å². The predicted molar refractivity (Wildman–Crippen MR) is 76.3 cm³/mol. The summed E-state index contributed by atoms with van der Waals surface area (Å²) in [5.41, 5.74) is 0. The van der Waals surface area contributed by atoms with E-state index in [0.29, 0.717) is 25.6 Å². The predicted octanol–water partition coefficient (Wildman–Crippen LogP) is 0.179. The zero-order chi connectivity index (χ0) is 14.1. The van der Waals surface area contributed by atoms with Gasteiger partial charge in [-0.05, 0) is 38.3 Å². The van der Waals surface area contributed by atoms with Crippen LogP contribution in [0.4, 0.5) is 0 Å². The maximum atomic E-state index is 12.0. The van der Waals surface area contributed by atoms with E-state index in [9.17, 15) is 8.42 Å². The molecular formula is C12H27N3O3S. The number of ether oxygens (including phenoxy) is 1. The highest BCUT2D eigenvalue weighted by Crippen LogP contribution is 2.11. The zero-order valence-corrected chi connectivity index (χ0v) is 12.8. The van der Waals surface area contributed by atoms with Crippen LogP contribution in [0.1, 0.15) is 26.2 Å². The molecule has 0 radical (unpaired) electrons. The van der Waals surface area contributed by atoms with Crippen LogP contribution >= 0.6 is 0 Å². The first-order valence-electron chi connectivity index (χ1n) is 7.05. The Labute approximate surface area is 117 Å². The van der Waals surface area contributed by atoms with E-state index in [1.807, 2.05) is 0 Å². The lowest BCUT2D eigenvalue weighted by atomic mass is 10.1. The standard InChI is InChI=1S/C12H27N3O3S/c1-3-6-13-7-4-8-15(2)19(16,17)14-10-12-5-9-18-11-12/h12-14H,3-11H2,1-2H3. The molecule has 1 heterocycles. The minimum atomic E-state index is -3.34. The third-order valence-electron chi connectivity index (χ3n) is 3.24. The highest BCUT2D eigenvalue weighted by Gasteiger charge is 2.21. The highest BCUT2D eigenvalue weighted by atomic mass is 32.2. The van der Waals surface area contributed by atoms with Gasteiger partial charge in [0, 0.05) is 26.7 Å². The molecule has 0 aromatic rings. The average Bonchev–Trinajstić information content (AvgIpc) is 2.89.